The number of nitrogens with one attached hydrogen (secondary N) is 2. The highest BCUT2D eigenvalue weighted by Gasteiger charge is 2.23. The summed E-state index contributed by atoms with van der Waals surface area (Å²) in [6.45, 7) is 7.53. The third kappa shape index (κ3) is 2.13. The number of H-pyrrole nitrogens is 1. The van der Waals surface area contributed by atoms with Gasteiger partial charge in [0.2, 0.25) is 0 Å². The predicted octanol–water partition coefficient (Wildman–Crippen LogP) is 2.39. The molecule has 0 saturated carbocycles. The van der Waals surface area contributed by atoms with Crippen LogP contribution in [0.5, 0.6) is 0 Å². The number of hydrogen-bond acceptors (Lipinski definition) is 4. The molecule has 6 nitrogen and oxygen atoms in total. The summed E-state index contributed by atoms with van der Waals surface area (Å²) in [7, 11) is 0. The van der Waals surface area contributed by atoms with E-state index >= 15 is 0 Å². The quantitative estimate of drug-likeness (QED) is 0.873. The molecule has 2 rings (SSSR count). The third-order valence-corrected chi connectivity index (χ3v) is 2.71. The maximum Gasteiger partial charge on any atom is 0.262 e. The van der Waals surface area contributed by atoms with Crippen LogP contribution in [0, 0.1) is 13.8 Å². The SMILES string of the molecule is Cc1cn[nH]c1NC(=O)c1c(C)noc1C(C)C. The number of aromatic amines is 1. The molecule has 0 bridgehead atoms. The van der Waals surface area contributed by atoms with Crippen LogP contribution in [0.25, 0.3) is 0 Å². The van der Waals surface area contributed by atoms with E-state index in [1.807, 2.05) is 20.8 Å². The molecule has 6 heteroatoms. The molecule has 18 heavy (non-hydrogen) atoms. The first kappa shape index (κ1) is 12.3. The average Bonchev–Trinajstić information content (AvgIpc) is 2.86. The van der Waals surface area contributed by atoms with Crippen molar-refractivity contribution in [2.45, 2.75) is 33.6 Å². The Balaban J connectivity index is 2.29. The fourth-order valence-corrected chi connectivity index (χ4v) is 1.71. The summed E-state index contributed by atoms with van der Waals surface area (Å²) in [5, 5.41) is 13.2. The monoisotopic (exact) mass is 248 g/mol. The maximum atomic E-state index is 12.2. The highest BCUT2D eigenvalue weighted by atomic mass is 16.5. The smallest absolute Gasteiger partial charge is 0.262 e. The number of aryl methyl sites for hydroxylation is 2. The Hall–Kier alpha value is -2.11. The largest absolute Gasteiger partial charge is 0.360 e. The molecule has 2 aromatic heterocycles. The van der Waals surface area contributed by atoms with Crippen molar-refractivity contribution >= 4 is 11.7 Å². The van der Waals surface area contributed by atoms with Crippen LogP contribution < -0.4 is 5.32 Å². The van der Waals surface area contributed by atoms with Crippen molar-refractivity contribution in [3.8, 4) is 0 Å². The summed E-state index contributed by atoms with van der Waals surface area (Å²) < 4.78 is 5.19. The van der Waals surface area contributed by atoms with E-state index in [2.05, 4.69) is 20.7 Å². The van der Waals surface area contributed by atoms with E-state index in [1.165, 1.54) is 0 Å². The summed E-state index contributed by atoms with van der Waals surface area (Å²) in [4.78, 5) is 12.2. The van der Waals surface area contributed by atoms with Gasteiger partial charge in [0.05, 0.1) is 11.9 Å². The number of carbonyl (C=O) groups excluding carboxylic acids is 1. The number of anilines is 1. The molecule has 96 valence electrons. The van der Waals surface area contributed by atoms with Gasteiger partial charge in [0.15, 0.2) is 5.76 Å². The second-order valence-corrected chi connectivity index (χ2v) is 4.54. The van der Waals surface area contributed by atoms with Gasteiger partial charge in [-0.2, -0.15) is 5.10 Å². The summed E-state index contributed by atoms with van der Waals surface area (Å²) in [5.41, 5.74) is 1.97. The number of hydrogen-bond donors (Lipinski definition) is 2. The van der Waals surface area contributed by atoms with Crippen LogP contribution in [-0.2, 0) is 0 Å². The topological polar surface area (TPSA) is 83.8 Å². The van der Waals surface area contributed by atoms with E-state index < -0.39 is 0 Å². The molecule has 2 aromatic rings. The fraction of sp³-hybridized carbons (Fsp3) is 0.417. The second kappa shape index (κ2) is 4.64. The summed E-state index contributed by atoms with van der Waals surface area (Å²) in [6.07, 6.45) is 1.65. The number of rotatable bonds is 3. The van der Waals surface area contributed by atoms with Crippen LogP contribution >= 0.6 is 0 Å². The van der Waals surface area contributed by atoms with Gasteiger partial charge in [0.1, 0.15) is 11.4 Å². The highest BCUT2D eigenvalue weighted by Crippen LogP contribution is 2.23. The van der Waals surface area contributed by atoms with Gasteiger partial charge < -0.3 is 9.84 Å². The van der Waals surface area contributed by atoms with Crippen molar-refractivity contribution in [2.24, 2.45) is 0 Å². The lowest BCUT2D eigenvalue weighted by atomic mass is 10.0. The first-order valence-corrected chi connectivity index (χ1v) is 5.78. The van der Waals surface area contributed by atoms with Crippen molar-refractivity contribution in [1.82, 2.24) is 15.4 Å². The molecule has 0 spiro atoms. The minimum Gasteiger partial charge on any atom is -0.360 e. The standard InChI is InChI=1S/C12H16N4O2/c1-6(2)10-9(8(4)16-18-10)12(17)14-11-7(3)5-13-15-11/h5-6H,1-4H3,(H2,13,14,15,17). The van der Waals surface area contributed by atoms with Crippen LogP contribution in [0.2, 0.25) is 0 Å². The molecule has 0 atom stereocenters. The van der Waals surface area contributed by atoms with Gasteiger partial charge in [-0.05, 0) is 13.8 Å². The minimum atomic E-state index is -0.232. The Morgan fingerprint density at radius 1 is 1.44 bits per heavy atom. The van der Waals surface area contributed by atoms with Gasteiger partial charge in [-0.25, -0.2) is 0 Å². The molecule has 0 aliphatic carbocycles. The Morgan fingerprint density at radius 3 is 2.72 bits per heavy atom. The Kier molecular flexibility index (Phi) is 3.18. The van der Waals surface area contributed by atoms with Gasteiger partial charge in [-0.3, -0.25) is 9.89 Å². The van der Waals surface area contributed by atoms with Crippen molar-refractivity contribution in [3.63, 3.8) is 0 Å². The maximum absolute atomic E-state index is 12.2. The molecule has 0 aliphatic rings. The van der Waals surface area contributed by atoms with Gasteiger partial charge in [-0.1, -0.05) is 19.0 Å². The summed E-state index contributed by atoms with van der Waals surface area (Å²) >= 11 is 0. The normalized spacial score (nSPS) is 10.9. The molecular weight excluding hydrogens is 232 g/mol. The van der Waals surface area contributed by atoms with E-state index in [0.717, 1.165) is 5.56 Å². The zero-order valence-electron chi connectivity index (χ0n) is 10.9. The molecule has 0 aliphatic heterocycles. The van der Waals surface area contributed by atoms with Crippen molar-refractivity contribution < 1.29 is 9.32 Å². The summed E-state index contributed by atoms with van der Waals surface area (Å²) in [6, 6.07) is 0. The van der Waals surface area contributed by atoms with E-state index in [4.69, 9.17) is 4.52 Å². The van der Waals surface area contributed by atoms with Crippen molar-refractivity contribution in [2.75, 3.05) is 5.32 Å². The van der Waals surface area contributed by atoms with E-state index in [9.17, 15) is 4.79 Å². The molecule has 0 unspecified atom stereocenters. The lowest BCUT2D eigenvalue weighted by Gasteiger charge is -2.06. The fourth-order valence-electron chi connectivity index (χ4n) is 1.71. The molecule has 0 fully saturated rings. The molecule has 0 aromatic carbocycles. The molecule has 2 heterocycles. The second-order valence-electron chi connectivity index (χ2n) is 4.54. The van der Waals surface area contributed by atoms with Gasteiger partial charge in [-0.15, -0.1) is 0 Å². The minimum absolute atomic E-state index is 0.106. The molecule has 1 amide bonds. The predicted molar refractivity (Wildman–Crippen MR) is 66.6 cm³/mol. The molecule has 0 saturated heterocycles. The van der Waals surface area contributed by atoms with Gasteiger partial charge in [0, 0.05) is 11.5 Å². The first-order valence-electron chi connectivity index (χ1n) is 5.78. The lowest BCUT2D eigenvalue weighted by molar-refractivity contribution is 0.102. The van der Waals surface area contributed by atoms with Crippen molar-refractivity contribution in [3.05, 3.63) is 28.8 Å². The van der Waals surface area contributed by atoms with E-state index in [0.29, 0.717) is 22.8 Å². The molecule has 0 radical (unpaired) electrons. The van der Waals surface area contributed by atoms with Crippen LogP contribution in [0.1, 0.15) is 47.1 Å². The Bertz CT molecular complexity index is 568. The number of amides is 1. The van der Waals surface area contributed by atoms with Crippen LogP contribution in [0.3, 0.4) is 0 Å². The van der Waals surface area contributed by atoms with Gasteiger partial charge in [0.25, 0.3) is 5.91 Å². The van der Waals surface area contributed by atoms with E-state index in [1.54, 1.807) is 13.1 Å². The van der Waals surface area contributed by atoms with Gasteiger partial charge >= 0.3 is 0 Å². The summed E-state index contributed by atoms with van der Waals surface area (Å²) in [5.74, 6) is 1.07. The zero-order chi connectivity index (χ0) is 13.3. The third-order valence-electron chi connectivity index (χ3n) is 2.71. The highest BCUT2D eigenvalue weighted by molar-refractivity contribution is 6.05. The van der Waals surface area contributed by atoms with E-state index in [-0.39, 0.29) is 11.8 Å². The number of carbonyl (C=O) groups is 1. The number of nitrogens with zero attached hydrogens (tertiary/aromatic N) is 2. The number of aromatic nitrogens is 3. The average molecular weight is 248 g/mol. The molecule has 2 N–H and O–H groups in total. The van der Waals surface area contributed by atoms with Crippen LogP contribution in [0.4, 0.5) is 5.82 Å². The Morgan fingerprint density at radius 2 is 2.17 bits per heavy atom. The lowest BCUT2D eigenvalue weighted by Crippen LogP contribution is -2.15. The van der Waals surface area contributed by atoms with Crippen LogP contribution in [0.15, 0.2) is 10.7 Å². The zero-order valence-corrected chi connectivity index (χ0v) is 10.9. The van der Waals surface area contributed by atoms with Crippen LogP contribution in [-0.4, -0.2) is 21.3 Å². The molecular formula is C12H16N4O2. The Labute approximate surface area is 105 Å². The van der Waals surface area contributed by atoms with Crippen molar-refractivity contribution in [1.29, 1.82) is 0 Å². The first-order chi connectivity index (χ1) is 8.50.